The molecule has 1 aliphatic rings. The summed E-state index contributed by atoms with van der Waals surface area (Å²) in [6, 6.07) is 0. The maximum absolute atomic E-state index is 5.49. The second kappa shape index (κ2) is 1.78. The van der Waals surface area contributed by atoms with Gasteiger partial charge in [-0.15, -0.1) is 0 Å². The number of alkyl halides is 1. The van der Waals surface area contributed by atoms with Crippen molar-refractivity contribution in [3.8, 4) is 0 Å². The Bertz CT molecular complexity index is 42.1. The summed E-state index contributed by atoms with van der Waals surface area (Å²) in [5.41, 5.74) is 0.0185. The molecule has 36 valence electrons. The van der Waals surface area contributed by atoms with Crippen molar-refractivity contribution in [3.05, 3.63) is 0 Å². The zero-order chi connectivity index (χ0) is 4.41. The first kappa shape index (κ1) is 4.37. The van der Waals surface area contributed by atoms with Crippen LogP contribution in [0.3, 0.4) is 0 Å². The standard InChI is InChI=1S/C3H7ClN2/c4-3-5-1-2-6-3/h3,5-6H,1-2H2. The molecule has 1 heterocycles. The molecule has 6 heavy (non-hydrogen) atoms. The van der Waals surface area contributed by atoms with Gasteiger partial charge < -0.3 is 0 Å². The first-order valence-corrected chi connectivity index (χ1v) is 2.44. The van der Waals surface area contributed by atoms with Gasteiger partial charge in [-0.05, 0) is 0 Å². The fourth-order valence-electron chi connectivity index (χ4n) is 0.470. The number of hydrogen-bond donors (Lipinski definition) is 2. The summed E-state index contributed by atoms with van der Waals surface area (Å²) in [7, 11) is 0. The van der Waals surface area contributed by atoms with Crippen molar-refractivity contribution in [2.45, 2.75) is 5.62 Å². The van der Waals surface area contributed by atoms with Crippen LogP contribution in [0.4, 0.5) is 0 Å². The molecule has 0 amide bonds. The van der Waals surface area contributed by atoms with Crippen LogP contribution in [0.2, 0.25) is 0 Å². The first-order chi connectivity index (χ1) is 2.89. The summed E-state index contributed by atoms with van der Waals surface area (Å²) in [4.78, 5) is 0. The minimum atomic E-state index is 0.0185. The topological polar surface area (TPSA) is 24.1 Å². The van der Waals surface area contributed by atoms with E-state index in [2.05, 4.69) is 10.6 Å². The van der Waals surface area contributed by atoms with Gasteiger partial charge >= 0.3 is 0 Å². The van der Waals surface area contributed by atoms with E-state index < -0.39 is 0 Å². The van der Waals surface area contributed by atoms with Crippen molar-refractivity contribution < 1.29 is 0 Å². The molecule has 0 radical (unpaired) electrons. The maximum atomic E-state index is 5.49. The number of halogens is 1. The predicted octanol–water partition coefficient (Wildman–Crippen LogP) is -0.298. The molecule has 1 rings (SSSR count). The predicted molar refractivity (Wildman–Crippen MR) is 25.6 cm³/mol. The molecule has 0 atom stereocenters. The van der Waals surface area contributed by atoms with Crippen molar-refractivity contribution in [1.29, 1.82) is 0 Å². The lowest BCUT2D eigenvalue weighted by Gasteiger charge is -1.93. The number of hydrogen-bond acceptors (Lipinski definition) is 2. The summed E-state index contributed by atoms with van der Waals surface area (Å²) < 4.78 is 0. The summed E-state index contributed by atoms with van der Waals surface area (Å²) >= 11 is 5.49. The summed E-state index contributed by atoms with van der Waals surface area (Å²) in [5, 5.41) is 5.95. The molecule has 0 saturated carbocycles. The van der Waals surface area contributed by atoms with Gasteiger partial charge in [0.1, 0.15) is 5.62 Å². The third-order valence-corrected chi connectivity index (χ3v) is 1.08. The highest BCUT2D eigenvalue weighted by Gasteiger charge is 2.05. The Morgan fingerprint density at radius 1 is 1.33 bits per heavy atom. The summed E-state index contributed by atoms with van der Waals surface area (Å²) in [6.07, 6.45) is 0. The van der Waals surface area contributed by atoms with Crippen molar-refractivity contribution >= 4 is 11.6 Å². The van der Waals surface area contributed by atoms with Crippen LogP contribution >= 0.6 is 11.6 Å². The van der Waals surface area contributed by atoms with E-state index in [4.69, 9.17) is 11.6 Å². The average molecular weight is 107 g/mol. The molecule has 0 spiro atoms. The fraction of sp³-hybridized carbons (Fsp3) is 1.00. The van der Waals surface area contributed by atoms with Gasteiger partial charge in [-0.2, -0.15) is 0 Å². The van der Waals surface area contributed by atoms with Gasteiger partial charge in [-0.25, -0.2) is 0 Å². The van der Waals surface area contributed by atoms with Crippen LogP contribution in [0.5, 0.6) is 0 Å². The van der Waals surface area contributed by atoms with Gasteiger partial charge in [0.25, 0.3) is 0 Å². The Labute approximate surface area is 41.9 Å². The zero-order valence-corrected chi connectivity index (χ0v) is 4.13. The summed E-state index contributed by atoms with van der Waals surface area (Å²) in [6.45, 7) is 1.99. The summed E-state index contributed by atoms with van der Waals surface area (Å²) in [5.74, 6) is 0. The highest BCUT2D eigenvalue weighted by atomic mass is 35.5. The molecule has 0 aromatic rings. The largest absolute Gasteiger partial charge is 0.288 e. The van der Waals surface area contributed by atoms with E-state index in [0.717, 1.165) is 13.1 Å². The average Bonchev–Trinajstić information content (AvgIpc) is 1.86. The minimum absolute atomic E-state index is 0.0185. The van der Waals surface area contributed by atoms with Crippen molar-refractivity contribution in [2.75, 3.05) is 13.1 Å². The van der Waals surface area contributed by atoms with Gasteiger partial charge in [-0.3, -0.25) is 10.6 Å². The Balaban J connectivity index is 2.18. The van der Waals surface area contributed by atoms with Crippen LogP contribution in [-0.2, 0) is 0 Å². The molecule has 1 fully saturated rings. The zero-order valence-electron chi connectivity index (χ0n) is 3.37. The molecular formula is C3H7ClN2. The molecule has 0 bridgehead atoms. The maximum Gasteiger partial charge on any atom is 0.135 e. The normalized spacial score (nSPS) is 25.5. The van der Waals surface area contributed by atoms with Crippen molar-refractivity contribution in [3.63, 3.8) is 0 Å². The van der Waals surface area contributed by atoms with Crippen LogP contribution in [-0.4, -0.2) is 18.7 Å². The Hall–Kier alpha value is 0.210. The molecule has 2 nitrogen and oxygen atoms in total. The van der Waals surface area contributed by atoms with Gasteiger partial charge in [0.2, 0.25) is 0 Å². The van der Waals surface area contributed by atoms with E-state index in [1.54, 1.807) is 0 Å². The fourth-order valence-corrected chi connectivity index (χ4v) is 0.688. The van der Waals surface area contributed by atoms with Gasteiger partial charge in [-0.1, -0.05) is 11.6 Å². The molecule has 3 heteroatoms. The van der Waals surface area contributed by atoms with Crippen LogP contribution in [0.1, 0.15) is 0 Å². The van der Waals surface area contributed by atoms with Gasteiger partial charge in [0.15, 0.2) is 0 Å². The van der Waals surface area contributed by atoms with E-state index in [1.807, 2.05) is 0 Å². The van der Waals surface area contributed by atoms with E-state index in [1.165, 1.54) is 0 Å². The SMILES string of the molecule is ClC1NCCN1. The smallest absolute Gasteiger partial charge is 0.135 e. The monoisotopic (exact) mass is 106 g/mol. The van der Waals surface area contributed by atoms with Crippen molar-refractivity contribution in [1.82, 2.24) is 10.6 Å². The molecule has 0 aromatic heterocycles. The van der Waals surface area contributed by atoms with Crippen molar-refractivity contribution in [2.24, 2.45) is 0 Å². The Morgan fingerprint density at radius 2 is 1.83 bits per heavy atom. The third-order valence-electron chi connectivity index (χ3n) is 0.772. The van der Waals surface area contributed by atoms with Crippen LogP contribution in [0.15, 0.2) is 0 Å². The molecule has 0 aliphatic carbocycles. The van der Waals surface area contributed by atoms with E-state index in [0.29, 0.717) is 0 Å². The van der Waals surface area contributed by atoms with Crippen LogP contribution in [0.25, 0.3) is 0 Å². The van der Waals surface area contributed by atoms with E-state index in [-0.39, 0.29) is 5.62 Å². The molecule has 0 aromatic carbocycles. The second-order valence-electron chi connectivity index (χ2n) is 1.27. The Morgan fingerprint density at radius 3 is 2.00 bits per heavy atom. The quantitative estimate of drug-likeness (QED) is 0.327. The van der Waals surface area contributed by atoms with E-state index in [9.17, 15) is 0 Å². The number of rotatable bonds is 0. The third kappa shape index (κ3) is 0.834. The molecule has 0 unspecified atom stereocenters. The second-order valence-corrected chi connectivity index (χ2v) is 1.71. The highest BCUT2D eigenvalue weighted by molar-refractivity contribution is 6.20. The lowest BCUT2D eigenvalue weighted by Crippen LogP contribution is -2.23. The minimum Gasteiger partial charge on any atom is -0.288 e. The highest BCUT2D eigenvalue weighted by Crippen LogP contribution is 1.87. The lowest BCUT2D eigenvalue weighted by atomic mass is 10.7. The van der Waals surface area contributed by atoms with Crippen LogP contribution < -0.4 is 10.6 Å². The van der Waals surface area contributed by atoms with Gasteiger partial charge in [0, 0.05) is 13.1 Å². The van der Waals surface area contributed by atoms with Gasteiger partial charge in [0.05, 0.1) is 0 Å². The van der Waals surface area contributed by atoms with Crippen LogP contribution in [0, 0.1) is 0 Å². The van der Waals surface area contributed by atoms with E-state index >= 15 is 0 Å². The first-order valence-electron chi connectivity index (χ1n) is 2.00. The molecule has 1 saturated heterocycles. The Kier molecular flexibility index (Phi) is 1.29. The number of nitrogens with one attached hydrogen (secondary N) is 2. The molecular weight excluding hydrogens is 99.5 g/mol. The lowest BCUT2D eigenvalue weighted by molar-refractivity contribution is 0.733. The molecule has 1 aliphatic heterocycles. The molecule has 2 N–H and O–H groups in total.